The van der Waals surface area contributed by atoms with E-state index >= 15 is 0 Å². The number of ether oxygens (including phenoxy) is 2. The third-order valence-electron chi connectivity index (χ3n) is 2.54. The summed E-state index contributed by atoms with van der Waals surface area (Å²) in [7, 11) is 0. The Balaban J connectivity index is 1.54. The van der Waals surface area contributed by atoms with Crippen molar-refractivity contribution in [3.05, 3.63) is 18.2 Å². The number of benzene rings is 1. The van der Waals surface area contributed by atoms with Crippen molar-refractivity contribution in [3.63, 3.8) is 0 Å². The van der Waals surface area contributed by atoms with Gasteiger partial charge in [-0.25, -0.2) is 0 Å². The van der Waals surface area contributed by atoms with Gasteiger partial charge in [0.05, 0.1) is 12.3 Å². The summed E-state index contributed by atoms with van der Waals surface area (Å²) in [5.74, 6) is 2.73. The van der Waals surface area contributed by atoms with Crippen LogP contribution in [-0.2, 0) is 4.79 Å². The van der Waals surface area contributed by atoms with E-state index in [9.17, 15) is 4.79 Å². The molecule has 0 spiro atoms. The number of carbonyl (C=O) groups is 1. The molecule has 0 radical (unpaired) electrons. The van der Waals surface area contributed by atoms with Crippen LogP contribution in [0.4, 0.5) is 5.69 Å². The number of nitrogens with one attached hydrogen (secondary N) is 1. The standard InChI is InChI=1S/C12H12N2O3S2/c15-11(6-19-12-13-3-4-18-12)14-8-1-2-9-10(5-8)17-7-16-9/h1-2,5H,3-4,6-7H2,(H,14,15). The highest BCUT2D eigenvalue weighted by atomic mass is 32.2. The van der Waals surface area contributed by atoms with Crippen molar-refractivity contribution < 1.29 is 14.3 Å². The Kier molecular flexibility index (Phi) is 3.84. The van der Waals surface area contributed by atoms with Crippen LogP contribution in [0.25, 0.3) is 0 Å². The van der Waals surface area contributed by atoms with Gasteiger partial charge in [0.1, 0.15) is 4.38 Å². The largest absolute Gasteiger partial charge is 0.454 e. The molecule has 0 unspecified atom stereocenters. The molecule has 2 aliphatic heterocycles. The minimum Gasteiger partial charge on any atom is -0.454 e. The summed E-state index contributed by atoms with van der Waals surface area (Å²) in [6.45, 7) is 1.09. The Morgan fingerprint density at radius 2 is 2.32 bits per heavy atom. The summed E-state index contributed by atoms with van der Waals surface area (Å²) in [4.78, 5) is 16.1. The van der Waals surface area contributed by atoms with Crippen LogP contribution in [-0.4, -0.2) is 35.1 Å². The summed E-state index contributed by atoms with van der Waals surface area (Å²) in [6.07, 6.45) is 0. The van der Waals surface area contributed by atoms with E-state index in [0.29, 0.717) is 17.3 Å². The topological polar surface area (TPSA) is 59.9 Å². The second-order valence-electron chi connectivity index (χ2n) is 3.90. The highest BCUT2D eigenvalue weighted by Gasteiger charge is 2.15. The molecule has 0 saturated heterocycles. The number of anilines is 1. The second kappa shape index (κ2) is 5.75. The van der Waals surface area contributed by atoms with Crippen molar-refractivity contribution in [1.82, 2.24) is 0 Å². The van der Waals surface area contributed by atoms with E-state index < -0.39 is 0 Å². The molecule has 1 aromatic carbocycles. The molecular weight excluding hydrogens is 284 g/mol. The van der Waals surface area contributed by atoms with Crippen molar-refractivity contribution in [2.45, 2.75) is 0 Å². The van der Waals surface area contributed by atoms with Gasteiger partial charge in [-0.3, -0.25) is 9.79 Å². The van der Waals surface area contributed by atoms with Crippen molar-refractivity contribution in [2.75, 3.05) is 30.2 Å². The summed E-state index contributed by atoms with van der Waals surface area (Å²) >= 11 is 3.19. The molecule has 5 nitrogen and oxygen atoms in total. The number of rotatable bonds is 3. The number of amides is 1. The number of aliphatic imine (C=N–C) groups is 1. The maximum atomic E-state index is 11.8. The number of carbonyl (C=O) groups excluding carboxylic acids is 1. The van der Waals surface area contributed by atoms with E-state index in [-0.39, 0.29) is 12.7 Å². The van der Waals surface area contributed by atoms with E-state index in [1.807, 2.05) is 0 Å². The lowest BCUT2D eigenvalue weighted by Gasteiger charge is -2.05. The molecule has 0 aliphatic carbocycles. The van der Waals surface area contributed by atoms with Gasteiger partial charge in [0.2, 0.25) is 12.7 Å². The Bertz CT molecular complexity index is 534. The summed E-state index contributed by atoms with van der Waals surface area (Å²) in [6, 6.07) is 5.37. The van der Waals surface area contributed by atoms with Gasteiger partial charge in [-0.15, -0.1) is 0 Å². The fourth-order valence-electron chi connectivity index (χ4n) is 1.70. The van der Waals surface area contributed by atoms with Gasteiger partial charge in [0, 0.05) is 17.5 Å². The molecule has 0 aromatic heterocycles. The molecule has 3 rings (SSSR count). The maximum Gasteiger partial charge on any atom is 0.234 e. The molecule has 2 aliphatic rings. The lowest BCUT2D eigenvalue weighted by atomic mass is 10.3. The Hall–Kier alpha value is -1.34. The Labute approximate surface area is 119 Å². The number of thioether (sulfide) groups is 2. The lowest BCUT2D eigenvalue weighted by Crippen LogP contribution is -2.14. The zero-order valence-corrected chi connectivity index (χ0v) is 11.7. The predicted octanol–water partition coefficient (Wildman–Crippen LogP) is 2.19. The zero-order chi connectivity index (χ0) is 13.1. The molecule has 7 heteroatoms. The van der Waals surface area contributed by atoms with Crippen molar-refractivity contribution in [2.24, 2.45) is 4.99 Å². The summed E-state index contributed by atoms with van der Waals surface area (Å²) in [5, 5.41) is 2.84. The molecule has 0 atom stereocenters. The van der Waals surface area contributed by atoms with Crippen LogP contribution in [0.1, 0.15) is 0 Å². The molecule has 100 valence electrons. The quantitative estimate of drug-likeness (QED) is 0.926. The van der Waals surface area contributed by atoms with Gasteiger partial charge < -0.3 is 14.8 Å². The van der Waals surface area contributed by atoms with Gasteiger partial charge in [0.15, 0.2) is 11.5 Å². The fourth-order valence-corrected chi connectivity index (χ4v) is 3.51. The second-order valence-corrected chi connectivity index (χ2v) is 6.21. The van der Waals surface area contributed by atoms with Gasteiger partial charge in [-0.1, -0.05) is 23.5 Å². The van der Waals surface area contributed by atoms with Crippen LogP contribution >= 0.6 is 23.5 Å². The van der Waals surface area contributed by atoms with E-state index in [4.69, 9.17) is 9.47 Å². The van der Waals surface area contributed by atoms with Crippen LogP contribution in [0.3, 0.4) is 0 Å². The highest BCUT2D eigenvalue weighted by molar-refractivity contribution is 8.39. The molecule has 1 amide bonds. The molecule has 0 fully saturated rings. The molecule has 2 heterocycles. The first-order valence-corrected chi connectivity index (χ1v) is 7.78. The number of fused-ring (bicyclic) bond motifs is 1. The third-order valence-corrected chi connectivity index (χ3v) is 4.79. The number of hydrogen-bond donors (Lipinski definition) is 1. The van der Waals surface area contributed by atoms with Crippen molar-refractivity contribution in [3.8, 4) is 11.5 Å². The van der Waals surface area contributed by atoms with Crippen LogP contribution in [0.2, 0.25) is 0 Å². The van der Waals surface area contributed by atoms with Gasteiger partial charge in [-0.05, 0) is 12.1 Å². The number of hydrogen-bond acceptors (Lipinski definition) is 6. The number of nitrogens with zero attached hydrogens (tertiary/aromatic N) is 1. The SMILES string of the molecule is O=C(CSC1=NCCS1)Nc1ccc2c(c1)OCO2. The van der Waals surface area contributed by atoms with Crippen LogP contribution < -0.4 is 14.8 Å². The maximum absolute atomic E-state index is 11.8. The molecule has 19 heavy (non-hydrogen) atoms. The monoisotopic (exact) mass is 296 g/mol. The minimum absolute atomic E-state index is 0.0425. The average molecular weight is 296 g/mol. The Morgan fingerprint density at radius 3 is 3.16 bits per heavy atom. The van der Waals surface area contributed by atoms with E-state index in [0.717, 1.165) is 22.4 Å². The van der Waals surface area contributed by atoms with E-state index in [2.05, 4.69) is 10.3 Å². The average Bonchev–Trinajstić information content (AvgIpc) is 3.07. The first-order valence-electron chi connectivity index (χ1n) is 5.81. The lowest BCUT2D eigenvalue weighted by molar-refractivity contribution is -0.113. The summed E-state index contributed by atoms with van der Waals surface area (Å²) in [5.41, 5.74) is 0.718. The van der Waals surface area contributed by atoms with Crippen molar-refractivity contribution >= 4 is 39.5 Å². The Morgan fingerprint density at radius 1 is 1.42 bits per heavy atom. The predicted molar refractivity (Wildman–Crippen MR) is 78.4 cm³/mol. The van der Waals surface area contributed by atoms with Crippen molar-refractivity contribution in [1.29, 1.82) is 0 Å². The molecule has 0 bridgehead atoms. The van der Waals surface area contributed by atoms with Crippen LogP contribution in [0.15, 0.2) is 23.2 Å². The molecule has 0 saturated carbocycles. The molecule has 1 aromatic rings. The molecule has 1 N–H and O–H groups in total. The normalized spacial score (nSPS) is 16.3. The first kappa shape index (κ1) is 12.7. The van der Waals surface area contributed by atoms with Crippen LogP contribution in [0.5, 0.6) is 11.5 Å². The third kappa shape index (κ3) is 3.16. The smallest absolute Gasteiger partial charge is 0.234 e. The van der Waals surface area contributed by atoms with Gasteiger partial charge >= 0.3 is 0 Å². The minimum atomic E-state index is -0.0425. The van der Waals surface area contributed by atoms with E-state index in [1.54, 1.807) is 30.0 Å². The highest BCUT2D eigenvalue weighted by Crippen LogP contribution is 2.34. The van der Waals surface area contributed by atoms with Gasteiger partial charge in [0.25, 0.3) is 0 Å². The van der Waals surface area contributed by atoms with Gasteiger partial charge in [-0.2, -0.15) is 0 Å². The van der Waals surface area contributed by atoms with E-state index in [1.165, 1.54) is 11.8 Å². The fraction of sp³-hybridized carbons (Fsp3) is 0.333. The first-order chi connectivity index (χ1) is 9.31. The van der Waals surface area contributed by atoms with Crippen LogP contribution in [0, 0.1) is 0 Å². The summed E-state index contributed by atoms with van der Waals surface area (Å²) < 4.78 is 11.5. The molecular formula is C12H12N2O3S2. The zero-order valence-electron chi connectivity index (χ0n) is 10.0.